The molecule has 1 heterocycles. The Morgan fingerprint density at radius 1 is 1.47 bits per heavy atom. The van der Waals surface area contributed by atoms with E-state index in [0.717, 1.165) is 44.8 Å². The summed E-state index contributed by atoms with van der Waals surface area (Å²) in [6.45, 7) is 3.09. The average molecular weight is 214 g/mol. The second-order valence-corrected chi connectivity index (χ2v) is 4.14. The number of nitrogens with two attached hydrogens (primary N) is 1. The van der Waals surface area contributed by atoms with E-state index in [1.165, 1.54) is 0 Å². The molecule has 1 amide bonds. The minimum absolute atomic E-state index is 0.225. The molecule has 0 bridgehead atoms. The van der Waals surface area contributed by atoms with Crippen molar-refractivity contribution in [1.29, 1.82) is 0 Å². The number of amides is 1. The van der Waals surface area contributed by atoms with Crippen molar-refractivity contribution in [2.75, 3.05) is 33.4 Å². The van der Waals surface area contributed by atoms with Crippen molar-refractivity contribution in [3.05, 3.63) is 0 Å². The van der Waals surface area contributed by atoms with E-state index in [1.54, 1.807) is 7.11 Å². The zero-order valence-electron chi connectivity index (χ0n) is 9.58. The second kappa shape index (κ2) is 6.80. The number of likely N-dealkylation sites (tertiary alicyclic amines) is 1. The van der Waals surface area contributed by atoms with Gasteiger partial charge in [-0.2, -0.15) is 0 Å². The Bertz CT molecular complexity index is 189. The van der Waals surface area contributed by atoms with Crippen LogP contribution < -0.4 is 5.73 Å². The van der Waals surface area contributed by atoms with Crippen molar-refractivity contribution in [3.63, 3.8) is 0 Å². The van der Waals surface area contributed by atoms with Crippen molar-refractivity contribution in [3.8, 4) is 0 Å². The van der Waals surface area contributed by atoms with Crippen molar-refractivity contribution in [2.24, 2.45) is 11.7 Å². The van der Waals surface area contributed by atoms with Gasteiger partial charge in [0.1, 0.15) is 0 Å². The third kappa shape index (κ3) is 4.18. The molecular weight excluding hydrogens is 192 g/mol. The first-order valence-corrected chi connectivity index (χ1v) is 5.74. The summed E-state index contributed by atoms with van der Waals surface area (Å²) in [7, 11) is 1.63. The molecule has 88 valence electrons. The number of rotatable bonds is 5. The van der Waals surface area contributed by atoms with Crippen LogP contribution in [0, 0.1) is 5.92 Å². The highest BCUT2D eigenvalue weighted by atomic mass is 16.5. The first-order valence-electron chi connectivity index (χ1n) is 5.74. The summed E-state index contributed by atoms with van der Waals surface area (Å²) in [6.07, 6.45) is 3.82. The van der Waals surface area contributed by atoms with Gasteiger partial charge in [0.15, 0.2) is 0 Å². The van der Waals surface area contributed by atoms with Crippen LogP contribution in [0.5, 0.6) is 0 Å². The molecule has 4 heteroatoms. The van der Waals surface area contributed by atoms with E-state index in [9.17, 15) is 4.79 Å². The summed E-state index contributed by atoms with van der Waals surface area (Å²) in [5, 5.41) is 0. The standard InChI is InChI=1S/C11H22N2O2/c1-15-9-5-11(14)13-7-3-10(2-6-12)4-8-13/h10H,2-9,12H2,1H3. The highest BCUT2D eigenvalue weighted by Gasteiger charge is 2.21. The molecule has 4 nitrogen and oxygen atoms in total. The number of carbonyl (C=O) groups excluding carboxylic acids is 1. The number of carbonyl (C=O) groups is 1. The van der Waals surface area contributed by atoms with Crippen LogP contribution in [0.4, 0.5) is 0 Å². The Morgan fingerprint density at radius 2 is 2.13 bits per heavy atom. The summed E-state index contributed by atoms with van der Waals surface area (Å²) in [4.78, 5) is 13.6. The predicted octanol–water partition coefficient (Wildman–Crippen LogP) is 0.610. The summed E-state index contributed by atoms with van der Waals surface area (Å²) < 4.78 is 4.90. The van der Waals surface area contributed by atoms with Gasteiger partial charge in [0.05, 0.1) is 13.0 Å². The molecule has 2 N–H and O–H groups in total. The van der Waals surface area contributed by atoms with E-state index >= 15 is 0 Å². The van der Waals surface area contributed by atoms with E-state index in [-0.39, 0.29) is 5.91 Å². The van der Waals surface area contributed by atoms with Gasteiger partial charge in [-0.25, -0.2) is 0 Å². The largest absolute Gasteiger partial charge is 0.384 e. The van der Waals surface area contributed by atoms with Gasteiger partial charge in [-0.05, 0) is 31.7 Å². The van der Waals surface area contributed by atoms with Gasteiger partial charge in [0, 0.05) is 20.2 Å². The van der Waals surface area contributed by atoms with Crippen LogP contribution in [0.15, 0.2) is 0 Å². The Morgan fingerprint density at radius 3 is 2.67 bits per heavy atom. The molecule has 0 aromatic carbocycles. The fourth-order valence-electron chi connectivity index (χ4n) is 2.05. The van der Waals surface area contributed by atoms with E-state index in [4.69, 9.17) is 10.5 Å². The Kier molecular flexibility index (Phi) is 5.65. The van der Waals surface area contributed by atoms with Crippen LogP contribution in [-0.4, -0.2) is 44.2 Å². The lowest BCUT2D eigenvalue weighted by Crippen LogP contribution is -2.39. The van der Waals surface area contributed by atoms with Gasteiger partial charge in [0.2, 0.25) is 5.91 Å². The van der Waals surface area contributed by atoms with Crippen molar-refractivity contribution >= 4 is 5.91 Å². The highest BCUT2D eigenvalue weighted by molar-refractivity contribution is 5.76. The van der Waals surface area contributed by atoms with Crippen molar-refractivity contribution in [2.45, 2.75) is 25.7 Å². The number of piperidine rings is 1. The molecule has 15 heavy (non-hydrogen) atoms. The van der Waals surface area contributed by atoms with Crippen molar-refractivity contribution in [1.82, 2.24) is 4.90 Å². The highest BCUT2D eigenvalue weighted by Crippen LogP contribution is 2.20. The third-order valence-electron chi connectivity index (χ3n) is 3.06. The maximum Gasteiger partial charge on any atom is 0.224 e. The van der Waals surface area contributed by atoms with E-state index in [0.29, 0.717) is 13.0 Å². The quantitative estimate of drug-likeness (QED) is 0.729. The lowest BCUT2D eigenvalue weighted by atomic mass is 9.93. The summed E-state index contributed by atoms with van der Waals surface area (Å²) in [5.41, 5.74) is 5.52. The first kappa shape index (κ1) is 12.5. The van der Waals surface area contributed by atoms with Crippen molar-refractivity contribution < 1.29 is 9.53 Å². The molecular formula is C11H22N2O2. The average Bonchev–Trinajstić information content (AvgIpc) is 2.27. The SMILES string of the molecule is COCCC(=O)N1CCC(CCN)CC1. The molecule has 1 saturated heterocycles. The summed E-state index contributed by atoms with van der Waals surface area (Å²) in [6, 6.07) is 0. The van der Waals surface area contributed by atoms with Crippen LogP contribution in [0.2, 0.25) is 0 Å². The second-order valence-electron chi connectivity index (χ2n) is 4.14. The van der Waals surface area contributed by atoms with Gasteiger partial charge in [0.25, 0.3) is 0 Å². The summed E-state index contributed by atoms with van der Waals surface area (Å²) >= 11 is 0. The lowest BCUT2D eigenvalue weighted by Gasteiger charge is -2.31. The number of hydrogen-bond donors (Lipinski definition) is 1. The van der Waals surface area contributed by atoms with Crippen LogP contribution in [-0.2, 0) is 9.53 Å². The molecule has 0 unspecified atom stereocenters. The maximum atomic E-state index is 11.6. The minimum atomic E-state index is 0.225. The fraction of sp³-hybridized carbons (Fsp3) is 0.909. The molecule has 0 radical (unpaired) electrons. The summed E-state index contributed by atoms with van der Waals surface area (Å²) in [5.74, 6) is 0.949. The van der Waals surface area contributed by atoms with Crippen LogP contribution in [0.25, 0.3) is 0 Å². The Hall–Kier alpha value is -0.610. The molecule has 0 aliphatic carbocycles. The monoisotopic (exact) mass is 214 g/mol. The van der Waals surface area contributed by atoms with Gasteiger partial charge >= 0.3 is 0 Å². The number of ether oxygens (including phenoxy) is 1. The van der Waals surface area contributed by atoms with Gasteiger partial charge in [-0.1, -0.05) is 0 Å². The molecule has 0 spiro atoms. The minimum Gasteiger partial charge on any atom is -0.384 e. The molecule has 0 atom stereocenters. The number of methoxy groups -OCH3 is 1. The van der Waals surface area contributed by atoms with E-state index < -0.39 is 0 Å². The normalized spacial score (nSPS) is 18.1. The lowest BCUT2D eigenvalue weighted by molar-refractivity contribution is -0.133. The van der Waals surface area contributed by atoms with Crippen LogP contribution in [0.3, 0.4) is 0 Å². The smallest absolute Gasteiger partial charge is 0.224 e. The zero-order chi connectivity index (χ0) is 11.1. The van der Waals surface area contributed by atoms with Gasteiger partial charge in [-0.3, -0.25) is 4.79 Å². The number of hydrogen-bond acceptors (Lipinski definition) is 3. The Balaban J connectivity index is 2.21. The molecule has 0 aromatic rings. The predicted molar refractivity (Wildman–Crippen MR) is 59.5 cm³/mol. The maximum absolute atomic E-state index is 11.6. The topological polar surface area (TPSA) is 55.6 Å². The molecule has 1 fully saturated rings. The first-order chi connectivity index (χ1) is 7.27. The van der Waals surface area contributed by atoms with Gasteiger partial charge < -0.3 is 15.4 Å². The molecule has 0 aromatic heterocycles. The van der Waals surface area contributed by atoms with E-state index in [2.05, 4.69) is 0 Å². The van der Waals surface area contributed by atoms with Crippen LogP contribution in [0.1, 0.15) is 25.7 Å². The zero-order valence-corrected chi connectivity index (χ0v) is 9.58. The third-order valence-corrected chi connectivity index (χ3v) is 3.06. The fourth-order valence-corrected chi connectivity index (χ4v) is 2.05. The molecule has 1 rings (SSSR count). The van der Waals surface area contributed by atoms with Gasteiger partial charge in [-0.15, -0.1) is 0 Å². The molecule has 0 saturated carbocycles. The molecule has 1 aliphatic heterocycles. The Labute approximate surface area is 91.8 Å². The molecule has 1 aliphatic rings. The van der Waals surface area contributed by atoms with Crippen LogP contribution >= 0.6 is 0 Å². The van der Waals surface area contributed by atoms with E-state index in [1.807, 2.05) is 4.90 Å². The number of nitrogens with zero attached hydrogens (tertiary/aromatic N) is 1.